The third-order valence-corrected chi connectivity index (χ3v) is 3.14. The minimum atomic E-state index is -0.208. The van der Waals surface area contributed by atoms with Gasteiger partial charge in [0.1, 0.15) is 5.82 Å². The second-order valence-corrected chi connectivity index (χ2v) is 5.36. The van der Waals surface area contributed by atoms with Gasteiger partial charge in [0.25, 0.3) is 0 Å². The Morgan fingerprint density at radius 1 is 1.21 bits per heavy atom. The van der Waals surface area contributed by atoms with Gasteiger partial charge in [-0.25, -0.2) is 4.98 Å². The van der Waals surface area contributed by atoms with Crippen LogP contribution in [0.25, 0.3) is 0 Å². The molecule has 1 aromatic carbocycles. The standard InChI is InChI=1S/C16H22N2O/c1-4-15-17-10-11-18(15)13-16(2,3)19-12-14-8-6-5-7-9-14/h5-11H,4,12-13H2,1-3H3. The van der Waals surface area contributed by atoms with Crippen LogP contribution in [0.4, 0.5) is 0 Å². The molecule has 2 rings (SSSR count). The maximum atomic E-state index is 6.04. The van der Waals surface area contributed by atoms with Crippen LogP contribution in [0.2, 0.25) is 0 Å². The zero-order chi connectivity index (χ0) is 13.7. The Morgan fingerprint density at radius 2 is 1.95 bits per heavy atom. The lowest BCUT2D eigenvalue weighted by Gasteiger charge is -2.26. The van der Waals surface area contributed by atoms with E-state index >= 15 is 0 Å². The molecule has 0 fully saturated rings. The Labute approximate surface area is 115 Å². The molecule has 0 bridgehead atoms. The van der Waals surface area contributed by atoms with Crippen LogP contribution in [0, 0.1) is 0 Å². The average molecular weight is 258 g/mol. The molecule has 0 saturated carbocycles. The molecule has 0 radical (unpaired) electrons. The van der Waals surface area contributed by atoms with Gasteiger partial charge in [0.05, 0.1) is 18.8 Å². The van der Waals surface area contributed by atoms with Gasteiger partial charge in [-0.15, -0.1) is 0 Å². The average Bonchev–Trinajstić information content (AvgIpc) is 2.84. The fourth-order valence-corrected chi connectivity index (χ4v) is 2.11. The Hall–Kier alpha value is -1.61. The number of ether oxygens (including phenoxy) is 1. The summed E-state index contributed by atoms with van der Waals surface area (Å²) in [6.45, 7) is 7.83. The van der Waals surface area contributed by atoms with Crippen molar-refractivity contribution in [1.29, 1.82) is 0 Å². The Bertz CT molecular complexity index is 502. The fraction of sp³-hybridized carbons (Fsp3) is 0.438. The highest BCUT2D eigenvalue weighted by molar-refractivity contribution is 5.13. The highest BCUT2D eigenvalue weighted by Gasteiger charge is 2.20. The largest absolute Gasteiger partial charge is 0.369 e. The lowest BCUT2D eigenvalue weighted by Crippen LogP contribution is -2.30. The smallest absolute Gasteiger partial charge is 0.108 e. The van der Waals surface area contributed by atoms with Gasteiger partial charge in [-0.2, -0.15) is 0 Å². The van der Waals surface area contributed by atoms with E-state index in [2.05, 4.69) is 42.5 Å². The molecule has 1 aromatic heterocycles. The summed E-state index contributed by atoms with van der Waals surface area (Å²) in [7, 11) is 0. The zero-order valence-corrected chi connectivity index (χ0v) is 12.0. The normalized spacial score (nSPS) is 11.7. The number of hydrogen-bond donors (Lipinski definition) is 0. The van der Waals surface area contributed by atoms with Crippen molar-refractivity contribution in [1.82, 2.24) is 9.55 Å². The summed E-state index contributed by atoms with van der Waals surface area (Å²) in [5, 5.41) is 0. The lowest BCUT2D eigenvalue weighted by atomic mass is 10.1. The number of benzene rings is 1. The number of imidazole rings is 1. The minimum absolute atomic E-state index is 0.208. The first-order chi connectivity index (χ1) is 9.11. The van der Waals surface area contributed by atoms with Crippen molar-refractivity contribution in [3.8, 4) is 0 Å². The van der Waals surface area contributed by atoms with Crippen LogP contribution in [0.3, 0.4) is 0 Å². The first kappa shape index (κ1) is 13.8. The summed E-state index contributed by atoms with van der Waals surface area (Å²) in [6, 6.07) is 10.3. The van der Waals surface area contributed by atoms with Crippen molar-refractivity contribution in [2.75, 3.05) is 0 Å². The molecule has 0 atom stereocenters. The van der Waals surface area contributed by atoms with E-state index in [4.69, 9.17) is 4.74 Å². The molecule has 0 N–H and O–H groups in total. The predicted molar refractivity (Wildman–Crippen MR) is 76.9 cm³/mol. The highest BCUT2D eigenvalue weighted by atomic mass is 16.5. The van der Waals surface area contributed by atoms with Crippen LogP contribution in [0.5, 0.6) is 0 Å². The molecule has 0 unspecified atom stereocenters. The van der Waals surface area contributed by atoms with Crippen molar-refractivity contribution < 1.29 is 4.74 Å². The maximum Gasteiger partial charge on any atom is 0.108 e. The molecule has 0 aliphatic heterocycles. The van der Waals surface area contributed by atoms with Gasteiger partial charge in [0, 0.05) is 18.8 Å². The molecule has 3 heteroatoms. The monoisotopic (exact) mass is 258 g/mol. The first-order valence-corrected chi connectivity index (χ1v) is 6.78. The van der Waals surface area contributed by atoms with Crippen LogP contribution in [0.15, 0.2) is 42.7 Å². The van der Waals surface area contributed by atoms with E-state index in [1.54, 1.807) is 0 Å². The van der Waals surface area contributed by atoms with Crippen molar-refractivity contribution in [3.63, 3.8) is 0 Å². The summed E-state index contributed by atoms with van der Waals surface area (Å²) in [5.74, 6) is 1.11. The number of aromatic nitrogens is 2. The summed E-state index contributed by atoms with van der Waals surface area (Å²) < 4.78 is 8.21. The Morgan fingerprint density at radius 3 is 2.63 bits per heavy atom. The van der Waals surface area contributed by atoms with Crippen molar-refractivity contribution >= 4 is 0 Å². The van der Waals surface area contributed by atoms with Crippen LogP contribution >= 0.6 is 0 Å². The van der Waals surface area contributed by atoms with Crippen LogP contribution in [-0.2, 0) is 24.3 Å². The van der Waals surface area contributed by atoms with E-state index in [9.17, 15) is 0 Å². The van der Waals surface area contributed by atoms with Crippen molar-refractivity contribution in [2.24, 2.45) is 0 Å². The van der Waals surface area contributed by atoms with Crippen molar-refractivity contribution in [3.05, 3.63) is 54.1 Å². The second kappa shape index (κ2) is 6.02. The molecule has 19 heavy (non-hydrogen) atoms. The quantitative estimate of drug-likeness (QED) is 0.793. The first-order valence-electron chi connectivity index (χ1n) is 6.78. The second-order valence-electron chi connectivity index (χ2n) is 5.36. The van der Waals surface area contributed by atoms with Crippen LogP contribution in [0.1, 0.15) is 32.2 Å². The van der Waals surface area contributed by atoms with Crippen LogP contribution < -0.4 is 0 Å². The van der Waals surface area contributed by atoms with Gasteiger partial charge in [-0.3, -0.25) is 0 Å². The third-order valence-electron chi connectivity index (χ3n) is 3.14. The molecular formula is C16H22N2O. The highest BCUT2D eigenvalue weighted by Crippen LogP contribution is 2.16. The molecule has 0 saturated heterocycles. The summed E-state index contributed by atoms with van der Waals surface area (Å²) >= 11 is 0. The minimum Gasteiger partial charge on any atom is -0.369 e. The van der Waals surface area contributed by atoms with E-state index in [-0.39, 0.29) is 5.60 Å². The summed E-state index contributed by atoms with van der Waals surface area (Å²) in [5.41, 5.74) is 0.998. The fourth-order valence-electron chi connectivity index (χ4n) is 2.11. The van der Waals surface area contributed by atoms with E-state index < -0.39 is 0 Å². The third kappa shape index (κ3) is 3.93. The zero-order valence-electron chi connectivity index (χ0n) is 12.0. The summed E-state index contributed by atoms with van der Waals surface area (Å²) in [4.78, 5) is 4.34. The number of aryl methyl sites for hydroxylation is 1. The molecule has 1 heterocycles. The molecular weight excluding hydrogens is 236 g/mol. The van der Waals surface area contributed by atoms with E-state index in [0.717, 1.165) is 18.8 Å². The van der Waals surface area contributed by atoms with Gasteiger partial charge in [0.2, 0.25) is 0 Å². The lowest BCUT2D eigenvalue weighted by molar-refractivity contribution is -0.0412. The van der Waals surface area contributed by atoms with Crippen molar-refractivity contribution in [2.45, 2.75) is 45.9 Å². The molecule has 2 aromatic rings. The van der Waals surface area contributed by atoms with E-state index in [0.29, 0.717) is 6.61 Å². The van der Waals surface area contributed by atoms with Gasteiger partial charge < -0.3 is 9.30 Å². The molecule has 0 aliphatic carbocycles. The summed E-state index contributed by atoms with van der Waals surface area (Å²) in [6.07, 6.45) is 4.82. The Balaban J connectivity index is 1.95. The van der Waals surface area contributed by atoms with Gasteiger partial charge in [-0.1, -0.05) is 37.3 Å². The topological polar surface area (TPSA) is 27.1 Å². The van der Waals surface area contributed by atoms with Gasteiger partial charge >= 0.3 is 0 Å². The van der Waals surface area contributed by atoms with Gasteiger partial charge in [-0.05, 0) is 19.4 Å². The molecule has 0 spiro atoms. The SMILES string of the molecule is CCc1nccn1CC(C)(C)OCc1ccccc1. The van der Waals surface area contributed by atoms with Crippen LogP contribution in [-0.4, -0.2) is 15.2 Å². The molecule has 3 nitrogen and oxygen atoms in total. The number of rotatable bonds is 6. The maximum absolute atomic E-state index is 6.04. The number of hydrogen-bond acceptors (Lipinski definition) is 2. The van der Waals surface area contributed by atoms with Gasteiger partial charge in [0.15, 0.2) is 0 Å². The van der Waals surface area contributed by atoms with E-state index in [1.165, 1.54) is 5.56 Å². The Kier molecular flexibility index (Phi) is 4.38. The predicted octanol–water partition coefficient (Wildman–Crippen LogP) is 3.44. The number of nitrogens with zero attached hydrogens (tertiary/aromatic N) is 2. The molecule has 0 aliphatic rings. The molecule has 0 amide bonds. The molecule has 102 valence electrons. The van der Waals surface area contributed by atoms with E-state index in [1.807, 2.05) is 30.6 Å².